The molecule has 3 nitrogen and oxygen atoms in total. The van der Waals surface area contributed by atoms with E-state index in [1.807, 2.05) is 17.4 Å². The standard InChI is InChI=1S/C23H28N2OS/c1-14-24-20-12-23-7-8-25(13-15-3-2-4-15)21(19(23)11-22(20)27-14)9-16-5-6-17(26)10-18(16)23/h5-6,10,15,19,21,26H,2-4,7-9,11-13H2,1H3/t19-,21+,23+/m0/s1. The molecule has 2 fully saturated rings. The smallest absolute Gasteiger partial charge is 0.115 e. The minimum atomic E-state index is 0.181. The van der Waals surface area contributed by atoms with Crippen LogP contribution in [-0.2, 0) is 24.7 Å². The predicted octanol–water partition coefficient (Wildman–Crippen LogP) is 4.24. The van der Waals surface area contributed by atoms with Crippen LogP contribution in [0.25, 0.3) is 0 Å². The molecule has 4 heteroatoms. The number of likely N-dealkylation sites (tertiary alicyclic amines) is 1. The van der Waals surface area contributed by atoms with Crippen molar-refractivity contribution in [1.29, 1.82) is 0 Å². The second kappa shape index (κ2) is 5.81. The van der Waals surface area contributed by atoms with Crippen LogP contribution in [0.2, 0.25) is 0 Å². The van der Waals surface area contributed by atoms with E-state index < -0.39 is 0 Å². The van der Waals surface area contributed by atoms with Crippen molar-refractivity contribution < 1.29 is 5.11 Å². The first-order valence-corrected chi connectivity index (χ1v) is 11.5. The summed E-state index contributed by atoms with van der Waals surface area (Å²) in [5.74, 6) is 2.04. The fourth-order valence-corrected chi connectivity index (χ4v) is 7.55. The summed E-state index contributed by atoms with van der Waals surface area (Å²) >= 11 is 1.92. The molecular formula is C23H28N2OS. The van der Waals surface area contributed by atoms with Crippen LogP contribution in [0.4, 0.5) is 0 Å². The largest absolute Gasteiger partial charge is 0.508 e. The van der Waals surface area contributed by atoms with Crippen LogP contribution < -0.4 is 0 Å². The van der Waals surface area contributed by atoms with Crippen LogP contribution in [0.15, 0.2) is 18.2 Å². The Morgan fingerprint density at radius 1 is 1.30 bits per heavy atom. The quantitative estimate of drug-likeness (QED) is 0.847. The van der Waals surface area contributed by atoms with Crippen LogP contribution in [0.1, 0.15) is 52.4 Å². The number of aromatic hydroxyl groups is 1. The number of nitrogens with zero attached hydrogens (tertiary/aromatic N) is 2. The van der Waals surface area contributed by atoms with Gasteiger partial charge < -0.3 is 5.11 Å². The molecule has 0 radical (unpaired) electrons. The Kier molecular flexibility index (Phi) is 3.56. The van der Waals surface area contributed by atoms with Gasteiger partial charge in [-0.2, -0.15) is 0 Å². The fraction of sp³-hybridized carbons (Fsp3) is 0.609. The third-order valence-corrected chi connectivity index (χ3v) is 9.07. The molecule has 1 aromatic carbocycles. The number of piperidine rings is 1. The van der Waals surface area contributed by atoms with E-state index in [1.165, 1.54) is 71.9 Å². The van der Waals surface area contributed by atoms with E-state index in [2.05, 4.69) is 24.0 Å². The molecule has 2 aromatic rings. The molecule has 2 bridgehead atoms. The van der Waals surface area contributed by atoms with E-state index in [1.54, 1.807) is 0 Å². The van der Waals surface area contributed by atoms with Gasteiger partial charge in [0, 0.05) is 29.3 Å². The Labute approximate surface area is 165 Å². The number of aryl methyl sites for hydroxylation is 1. The van der Waals surface area contributed by atoms with Crippen molar-refractivity contribution in [3.63, 3.8) is 0 Å². The van der Waals surface area contributed by atoms with Gasteiger partial charge in [-0.3, -0.25) is 4.90 Å². The zero-order valence-corrected chi connectivity index (χ0v) is 16.9. The summed E-state index contributed by atoms with van der Waals surface area (Å²) in [7, 11) is 0. The van der Waals surface area contributed by atoms with E-state index in [-0.39, 0.29) is 5.41 Å². The van der Waals surface area contributed by atoms with Crippen LogP contribution in [0.5, 0.6) is 5.75 Å². The molecule has 1 N–H and O–H groups in total. The van der Waals surface area contributed by atoms with E-state index in [0.29, 0.717) is 17.7 Å². The highest BCUT2D eigenvalue weighted by Gasteiger charge is 2.55. The minimum Gasteiger partial charge on any atom is -0.508 e. The van der Waals surface area contributed by atoms with E-state index >= 15 is 0 Å². The fourth-order valence-electron chi connectivity index (χ4n) is 6.54. The van der Waals surface area contributed by atoms with E-state index in [4.69, 9.17) is 4.98 Å². The first-order chi connectivity index (χ1) is 13.1. The molecule has 3 aliphatic carbocycles. The Morgan fingerprint density at radius 3 is 3.00 bits per heavy atom. The Bertz CT molecular complexity index is 902. The van der Waals surface area contributed by atoms with Crippen molar-refractivity contribution in [1.82, 2.24) is 9.88 Å². The summed E-state index contributed by atoms with van der Waals surface area (Å²) in [5, 5.41) is 11.5. The molecule has 1 aliphatic heterocycles. The number of hydrogen-bond acceptors (Lipinski definition) is 4. The topological polar surface area (TPSA) is 36.4 Å². The molecule has 2 heterocycles. The molecule has 27 heavy (non-hydrogen) atoms. The average Bonchev–Trinajstić information content (AvgIpc) is 2.96. The normalized spacial score (nSPS) is 32.3. The lowest BCUT2D eigenvalue weighted by Crippen LogP contribution is -2.63. The molecule has 1 saturated carbocycles. The van der Waals surface area contributed by atoms with E-state index in [9.17, 15) is 5.11 Å². The predicted molar refractivity (Wildman–Crippen MR) is 109 cm³/mol. The van der Waals surface area contributed by atoms with Gasteiger partial charge in [0.2, 0.25) is 0 Å². The summed E-state index contributed by atoms with van der Waals surface area (Å²) < 4.78 is 0. The van der Waals surface area contributed by atoms with E-state index in [0.717, 1.165) is 18.8 Å². The zero-order chi connectivity index (χ0) is 18.2. The highest BCUT2D eigenvalue weighted by atomic mass is 32.1. The van der Waals surface area contributed by atoms with Crippen molar-refractivity contribution in [2.75, 3.05) is 13.1 Å². The number of hydrogen-bond donors (Lipinski definition) is 1. The van der Waals surface area contributed by atoms with Gasteiger partial charge in [0.25, 0.3) is 0 Å². The maximum Gasteiger partial charge on any atom is 0.115 e. The number of aromatic nitrogens is 1. The molecule has 0 spiro atoms. The number of thiazole rings is 1. The van der Waals surface area contributed by atoms with Crippen molar-refractivity contribution >= 4 is 11.3 Å². The summed E-state index contributed by atoms with van der Waals surface area (Å²) in [6.45, 7) is 4.67. The molecule has 6 rings (SSSR count). The highest BCUT2D eigenvalue weighted by Crippen LogP contribution is 2.55. The number of phenolic OH excluding ortho intramolecular Hbond substituents is 1. The van der Waals surface area contributed by atoms with Gasteiger partial charge in [0.1, 0.15) is 5.75 Å². The minimum absolute atomic E-state index is 0.181. The molecule has 142 valence electrons. The van der Waals surface area contributed by atoms with Gasteiger partial charge >= 0.3 is 0 Å². The lowest BCUT2D eigenvalue weighted by molar-refractivity contribution is -0.00750. The molecule has 0 amide bonds. The number of benzene rings is 1. The van der Waals surface area contributed by atoms with Crippen molar-refractivity contribution in [2.24, 2.45) is 11.8 Å². The summed E-state index contributed by atoms with van der Waals surface area (Å²) in [5.41, 5.74) is 4.43. The van der Waals surface area contributed by atoms with Crippen molar-refractivity contribution in [3.8, 4) is 5.75 Å². The third kappa shape index (κ3) is 2.39. The van der Waals surface area contributed by atoms with Crippen LogP contribution in [0.3, 0.4) is 0 Å². The van der Waals surface area contributed by atoms with Gasteiger partial charge in [-0.1, -0.05) is 12.5 Å². The maximum atomic E-state index is 10.3. The molecule has 3 atom stereocenters. The molecule has 0 unspecified atom stereocenters. The highest BCUT2D eigenvalue weighted by molar-refractivity contribution is 7.11. The van der Waals surface area contributed by atoms with Gasteiger partial charge in [-0.05, 0) is 80.7 Å². The monoisotopic (exact) mass is 380 g/mol. The van der Waals surface area contributed by atoms with Crippen molar-refractivity contribution in [2.45, 2.75) is 63.3 Å². The molecular weight excluding hydrogens is 352 g/mol. The van der Waals surface area contributed by atoms with Crippen LogP contribution in [0, 0.1) is 18.8 Å². The zero-order valence-electron chi connectivity index (χ0n) is 16.1. The van der Waals surface area contributed by atoms with Crippen LogP contribution in [-0.4, -0.2) is 34.1 Å². The van der Waals surface area contributed by atoms with Crippen LogP contribution >= 0.6 is 11.3 Å². The number of phenols is 1. The second-order valence-electron chi connectivity index (χ2n) is 9.40. The molecule has 1 aromatic heterocycles. The van der Waals surface area contributed by atoms with Gasteiger partial charge in [0.15, 0.2) is 0 Å². The van der Waals surface area contributed by atoms with Gasteiger partial charge in [-0.15, -0.1) is 11.3 Å². The lowest BCUT2D eigenvalue weighted by atomic mass is 9.52. The Hall–Kier alpha value is -1.39. The maximum absolute atomic E-state index is 10.3. The Morgan fingerprint density at radius 2 is 2.19 bits per heavy atom. The molecule has 4 aliphatic rings. The Balaban J connectivity index is 1.46. The third-order valence-electron chi connectivity index (χ3n) is 8.04. The summed E-state index contributed by atoms with van der Waals surface area (Å²) in [4.78, 5) is 9.30. The van der Waals surface area contributed by atoms with Gasteiger partial charge in [-0.25, -0.2) is 4.98 Å². The summed E-state index contributed by atoms with van der Waals surface area (Å²) in [6.07, 6.45) is 8.92. The number of fused-ring (bicyclic) bond motifs is 2. The average molecular weight is 381 g/mol. The first kappa shape index (κ1) is 16.6. The van der Waals surface area contributed by atoms with Crippen molar-refractivity contribution in [3.05, 3.63) is 44.9 Å². The summed E-state index contributed by atoms with van der Waals surface area (Å²) in [6, 6.07) is 6.84. The number of rotatable bonds is 2. The SMILES string of the molecule is Cc1nc2c(s1)C[C@H]1[C@H]3Cc4ccc(O)cc4[C@@]1(CCN3CC1CCC1)C2. The second-order valence-corrected chi connectivity index (χ2v) is 10.7. The first-order valence-electron chi connectivity index (χ1n) is 10.6. The molecule has 1 saturated heterocycles. The van der Waals surface area contributed by atoms with Gasteiger partial charge in [0.05, 0.1) is 10.7 Å². The lowest BCUT2D eigenvalue weighted by Gasteiger charge is -2.59.